The molecule has 3 rings (SSSR count). The van der Waals surface area contributed by atoms with Crippen LogP contribution in [0.5, 0.6) is 0 Å². The molecular weight excluding hydrogens is 288 g/mol. The minimum absolute atomic E-state index is 0.340. The number of hydrogen-bond acceptors (Lipinski definition) is 6. The standard InChI is InChI=1S/C17H20N6/c1-13-5-6-14(10-18)17(21-13)23-9-3-4-15(11-23)22(2)16-7-8-19-12-20-16/h5-8,12,15H,3-4,9,11H2,1-2H3. The van der Waals surface area contributed by atoms with Crippen molar-refractivity contribution < 1.29 is 0 Å². The van der Waals surface area contributed by atoms with E-state index >= 15 is 0 Å². The number of aromatic nitrogens is 3. The summed E-state index contributed by atoms with van der Waals surface area (Å²) in [6.45, 7) is 3.73. The van der Waals surface area contributed by atoms with E-state index in [1.165, 1.54) is 0 Å². The minimum atomic E-state index is 0.340. The smallest absolute Gasteiger partial charge is 0.146 e. The van der Waals surface area contributed by atoms with Gasteiger partial charge in [0.15, 0.2) is 0 Å². The number of nitrogens with zero attached hydrogens (tertiary/aromatic N) is 6. The van der Waals surface area contributed by atoms with Crippen molar-refractivity contribution in [2.75, 3.05) is 29.9 Å². The fraction of sp³-hybridized carbons (Fsp3) is 0.412. The Labute approximate surface area is 136 Å². The van der Waals surface area contributed by atoms with Crippen LogP contribution in [0, 0.1) is 18.3 Å². The summed E-state index contributed by atoms with van der Waals surface area (Å²) in [5.74, 6) is 1.72. The molecule has 0 radical (unpaired) electrons. The Morgan fingerprint density at radius 3 is 2.96 bits per heavy atom. The van der Waals surface area contributed by atoms with Gasteiger partial charge in [-0.1, -0.05) is 0 Å². The van der Waals surface area contributed by atoms with Crippen molar-refractivity contribution >= 4 is 11.6 Å². The van der Waals surface area contributed by atoms with E-state index in [1.54, 1.807) is 12.5 Å². The van der Waals surface area contributed by atoms with Crippen LogP contribution in [0.3, 0.4) is 0 Å². The molecule has 0 aliphatic carbocycles. The molecule has 1 unspecified atom stereocenters. The highest BCUT2D eigenvalue weighted by atomic mass is 15.3. The van der Waals surface area contributed by atoms with Crippen molar-refractivity contribution in [2.24, 2.45) is 0 Å². The van der Waals surface area contributed by atoms with Crippen LogP contribution >= 0.6 is 0 Å². The molecule has 0 bridgehead atoms. The summed E-state index contributed by atoms with van der Waals surface area (Å²) in [6, 6.07) is 8.26. The Balaban J connectivity index is 1.82. The lowest BCUT2D eigenvalue weighted by atomic mass is 10.0. The summed E-state index contributed by atoms with van der Waals surface area (Å²) < 4.78 is 0. The van der Waals surface area contributed by atoms with E-state index in [-0.39, 0.29) is 0 Å². The van der Waals surface area contributed by atoms with Crippen molar-refractivity contribution in [1.82, 2.24) is 15.0 Å². The van der Waals surface area contributed by atoms with Gasteiger partial charge in [-0.25, -0.2) is 15.0 Å². The van der Waals surface area contributed by atoms with Crippen molar-refractivity contribution in [3.8, 4) is 6.07 Å². The largest absolute Gasteiger partial charge is 0.355 e. The number of anilines is 2. The number of likely N-dealkylation sites (N-methyl/N-ethyl adjacent to an activating group) is 1. The molecule has 23 heavy (non-hydrogen) atoms. The van der Waals surface area contributed by atoms with Gasteiger partial charge in [-0.2, -0.15) is 5.26 Å². The van der Waals surface area contributed by atoms with Crippen molar-refractivity contribution in [3.63, 3.8) is 0 Å². The molecule has 1 atom stereocenters. The number of hydrogen-bond donors (Lipinski definition) is 0. The minimum Gasteiger partial charge on any atom is -0.355 e. The van der Waals surface area contributed by atoms with Crippen molar-refractivity contribution in [1.29, 1.82) is 5.26 Å². The number of rotatable bonds is 3. The summed E-state index contributed by atoms with van der Waals surface area (Å²) in [7, 11) is 2.06. The Hall–Kier alpha value is -2.68. The molecule has 0 saturated carbocycles. The molecule has 1 fully saturated rings. The molecule has 1 aliphatic heterocycles. The monoisotopic (exact) mass is 308 g/mol. The SMILES string of the molecule is Cc1ccc(C#N)c(N2CCCC(N(C)c3ccncn3)C2)n1. The maximum Gasteiger partial charge on any atom is 0.146 e. The number of piperidine rings is 1. The van der Waals surface area contributed by atoms with E-state index < -0.39 is 0 Å². The molecule has 1 saturated heterocycles. The van der Waals surface area contributed by atoms with Gasteiger partial charge in [0.2, 0.25) is 0 Å². The molecule has 118 valence electrons. The van der Waals surface area contributed by atoms with Gasteiger partial charge in [0.1, 0.15) is 24.0 Å². The lowest BCUT2D eigenvalue weighted by Gasteiger charge is -2.39. The van der Waals surface area contributed by atoms with E-state index in [2.05, 4.69) is 37.9 Å². The molecular formula is C17H20N6. The maximum atomic E-state index is 9.35. The van der Waals surface area contributed by atoms with Crippen LogP contribution < -0.4 is 9.80 Å². The quantitative estimate of drug-likeness (QED) is 0.865. The zero-order valence-electron chi connectivity index (χ0n) is 13.5. The lowest BCUT2D eigenvalue weighted by molar-refractivity contribution is 0.483. The van der Waals surface area contributed by atoms with Gasteiger partial charge >= 0.3 is 0 Å². The first-order chi connectivity index (χ1) is 11.2. The van der Waals surface area contributed by atoms with Crippen LogP contribution in [0.25, 0.3) is 0 Å². The van der Waals surface area contributed by atoms with E-state index in [1.807, 2.05) is 25.1 Å². The third-order valence-electron chi connectivity index (χ3n) is 4.31. The van der Waals surface area contributed by atoms with Crippen LogP contribution in [0.4, 0.5) is 11.6 Å². The first-order valence-electron chi connectivity index (χ1n) is 7.80. The first kappa shape index (κ1) is 15.2. The Kier molecular flexibility index (Phi) is 4.38. The number of nitriles is 1. The van der Waals surface area contributed by atoms with E-state index in [0.717, 1.165) is 43.3 Å². The summed E-state index contributed by atoms with van der Waals surface area (Å²) in [4.78, 5) is 17.3. The third-order valence-corrected chi connectivity index (χ3v) is 4.31. The van der Waals surface area contributed by atoms with Gasteiger partial charge in [0.05, 0.1) is 5.56 Å². The van der Waals surface area contributed by atoms with Crippen LogP contribution in [-0.2, 0) is 0 Å². The Morgan fingerprint density at radius 2 is 2.22 bits per heavy atom. The highest BCUT2D eigenvalue weighted by Gasteiger charge is 2.26. The van der Waals surface area contributed by atoms with Gasteiger partial charge in [0.25, 0.3) is 0 Å². The average Bonchev–Trinajstić information content (AvgIpc) is 2.62. The second kappa shape index (κ2) is 6.61. The van der Waals surface area contributed by atoms with Crippen LogP contribution in [-0.4, -0.2) is 41.1 Å². The van der Waals surface area contributed by atoms with Crippen LogP contribution in [0.1, 0.15) is 24.1 Å². The second-order valence-corrected chi connectivity index (χ2v) is 5.86. The normalized spacial score (nSPS) is 17.6. The molecule has 1 aliphatic rings. The maximum absolute atomic E-state index is 9.35. The van der Waals surface area contributed by atoms with Gasteiger partial charge in [0, 0.05) is 38.1 Å². The van der Waals surface area contributed by atoms with Crippen LogP contribution in [0.2, 0.25) is 0 Å². The van der Waals surface area contributed by atoms with Gasteiger partial charge in [-0.3, -0.25) is 0 Å². The molecule has 0 amide bonds. The topological polar surface area (TPSA) is 68.9 Å². The van der Waals surface area contributed by atoms with E-state index in [4.69, 9.17) is 0 Å². The van der Waals surface area contributed by atoms with Gasteiger partial charge in [-0.05, 0) is 38.0 Å². The zero-order valence-corrected chi connectivity index (χ0v) is 13.5. The fourth-order valence-electron chi connectivity index (χ4n) is 3.01. The molecule has 6 heteroatoms. The molecule has 0 N–H and O–H groups in total. The molecule has 2 aromatic heterocycles. The first-order valence-corrected chi connectivity index (χ1v) is 7.80. The number of pyridine rings is 1. The Morgan fingerprint density at radius 1 is 1.35 bits per heavy atom. The Bertz CT molecular complexity index is 709. The zero-order chi connectivity index (χ0) is 16.2. The third kappa shape index (κ3) is 3.24. The molecule has 3 heterocycles. The predicted octanol–water partition coefficient (Wildman–Crippen LogP) is 2.16. The molecule has 2 aromatic rings. The average molecular weight is 308 g/mol. The molecule has 6 nitrogen and oxygen atoms in total. The summed E-state index contributed by atoms with van der Waals surface area (Å²) in [5.41, 5.74) is 1.58. The molecule has 0 aromatic carbocycles. The lowest BCUT2D eigenvalue weighted by Crippen LogP contribution is -2.47. The van der Waals surface area contributed by atoms with E-state index in [0.29, 0.717) is 11.6 Å². The van der Waals surface area contributed by atoms with E-state index in [9.17, 15) is 5.26 Å². The predicted molar refractivity (Wildman–Crippen MR) is 89.4 cm³/mol. The van der Waals surface area contributed by atoms with Gasteiger partial charge < -0.3 is 9.80 Å². The fourth-order valence-corrected chi connectivity index (χ4v) is 3.01. The summed E-state index contributed by atoms with van der Waals surface area (Å²) in [6.07, 6.45) is 5.50. The van der Waals surface area contributed by atoms with Gasteiger partial charge in [-0.15, -0.1) is 0 Å². The second-order valence-electron chi connectivity index (χ2n) is 5.86. The highest BCUT2D eigenvalue weighted by Crippen LogP contribution is 2.25. The summed E-state index contributed by atoms with van der Waals surface area (Å²) in [5, 5.41) is 9.35. The molecule has 0 spiro atoms. The van der Waals surface area contributed by atoms with Crippen molar-refractivity contribution in [2.45, 2.75) is 25.8 Å². The highest BCUT2D eigenvalue weighted by molar-refractivity contribution is 5.55. The van der Waals surface area contributed by atoms with Crippen LogP contribution in [0.15, 0.2) is 30.7 Å². The van der Waals surface area contributed by atoms with Crippen molar-refractivity contribution in [3.05, 3.63) is 42.0 Å². The number of aryl methyl sites for hydroxylation is 1. The summed E-state index contributed by atoms with van der Waals surface area (Å²) >= 11 is 0.